The Kier molecular flexibility index (Phi) is 7.26. The number of aryl methyl sites for hydroxylation is 1. The molecule has 2 aromatic heterocycles. The van der Waals surface area contributed by atoms with Crippen molar-refractivity contribution in [2.45, 2.75) is 39.0 Å². The number of nitrogens with one attached hydrogen (secondary N) is 2. The van der Waals surface area contributed by atoms with E-state index in [1.54, 1.807) is 18.2 Å². The molecule has 0 unspecified atom stereocenters. The lowest BCUT2D eigenvalue weighted by atomic mass is 9.86. The largest absolute Gasteiger partial charge is 0.395 e. The summed E-state index contributed by atoms with van der Waals surface area (Å²) in [6, 6.07) is 14.0. The highest BCUT2D eigenvalue weighted by Gasteiger charge is 2.17. The van der Waals surface area contributed by atoms with Crippen molar-refractivity contribution in [1.82, 2.24) is 20.3 Å². The first kappa shape index (κ1) is 25.2. The Morgan fingerprint density at radius 1 is 1.06 bits per heavy atom. The van der Waals surface area contributed by atoms with Crippen LogP contribution in [0.1, 0.15) is 59.2 Å². The van der Waals surface area contributed by atoms with E-state index in [1.165, 1.54) is 12.4 Å². The van der Waals surface area contributed by atoms with Gasteiger partial charge in [0.05, 0.1) is 12.3 Å². The van der Waals surface area contributed by atoms with Crippen LogP contribution in [-0.4, -0.2) is 44.9 Å². The molecule has 0 atom stereocenters. The highest BCUT2D eigenvalue weighted by atomic mass is 19.1. The van der Waals surface area contributed by atoms with Crippen LogP contribution in [-0.2, 0) is 11.8 Å². The van der Waals surface area contributed by atoms with Crippen LogP contribution in [0.15, 0.2) is 54.9 Å². The molecule has 0 fully saturated rings. The van der Waals surface area contributed by atoms with Crippen LogP contribution in [0.3, 0.4) is 0 Å². The molecule has 0 spiro atoms. The fourth-order valence-corrected chi connectivity index (χ4v) is 4.00. The summed E-state index contributed by atoms with van der Waals surface area (Å²) in [5, 5.41) is 12.1. The first-order valence-electron chi connectivity index (χ1n) is 11.8. The standard InChI is InChI=1S/C28H29FN4O3/c1-28(2,3)20-9-6-18(7-10-20)24(35)11-8-17-4-5-19(14-22(17)29)25-21-15-23(27(36)30-12-13-34)33-26(21)32-16-31-25/h4-7,9-10,14-16,34H,8,11-13H2,1-3H3,(H,30,36)(H,31,32,33). The van der Waals surface area contributed by atoms with Gasteiger partial charge < -0.3 is 15.4 Å². The van der Waals surface area contributed by atoms with E-state index in [-0.39, 0.29) is 48.8 Å². The number of carbonyl (C=O) groups is 2. The molecule has 0 aliphatic rings. The minimum absolute atomic E-state index is 0.00991. The summed E-state index contributed by atoms with van der Waals surface area (Å²) in [5.41, 5.74) is 3.96. The average Bonchev–Trinajstić information content (AvgIpc) is 3.30. The fraction of sp³-hybridized carbons (Fsp3) is 0.286. The lowest BCUT2D eigenvalue weighted by Gasteiger charge is -2.19. The van der Waals surface area contributed by atoms with Crippen LogP contribution in [0.2, 0.25) is 0 Å². The zero-order chi connectivity index (χ0) is 25.9. The molecule has 186 valence electrons. The second kappa shape index (κ2) is 10.4. The van der Waals surface area contributed by atoms with E-state index >= 15 is 0 Å². The smallest absolute Gasteiger partial charge is 0.267 e. The van der Waals surface area contributed by atoms with Crippen molar-refractivity contribution in [1.29, 1.82) is 0 Å². The molecule has 0 saturated carbocycles. The number of aliphatic hydroxyl groups is 1. The molecule has 4 rings (SSSR count). The van der Waals surface area contributed by atoms with Crippen molar-refractivity contribution in [3.8, 4) is 11.3 Å². The Morgan fingerprint density at radius 3 is 2.47 bits per heavy atom. The Balaban J connectivity index is 1.49. The molecular weight excluding hydrogens is 459 g/mol. The summed E-state index contributed by atoms with van der Waals surface area (Å²) in [6.45, 7) is 6.32. The SMILES string of the molecule is CC(C)(C)c1ccc(C(=O)CCc2ccc(-c3ncnc4[nH]c(C(=O)NCCO)cc34)cc2F)cc1. The maximum absolute atomic E-state index is 15.0. The lowest BCUT2D eigenvalue weighted by molar-refractivity contribution is 0.0939. The second-order valence-corrected chi connectivity index (χ2v) is 9.70. The average molecular weight is 489 g/mol. The van der Waals surface area contributed by atoms with E-state index in [2.05, 4.69) is 41.0 Å². The molecule has 0 bridgehead atoms. The summed E-state index contributed by atoms with van der Waals surface area (Å²) >= 11 is 0. The highest BCUT2D eigenvalue weighted by molar-refractivity contribution is 6.00. The Bertz CT molecular complexity index is 1400. The molecule has 0 aliphatic carbocycles. The third-order valence-electron chi connectivity index (χ3n) is 6.09. The topological polar surface area (TPSA) is 108 Å². The predicted octanol–water partition coefficient (Wildman–Crippen LogP) is 4.60. The molecule has 2 heterocycles. The van der Waals surface area contributed by atoms with Crippen LogP contribution in [0.5, 0.6) is 0 Å². The third kappa shape index (κ3) is 5.49. The van der Waals surface area contributed by atoms with Crippen molar-refractivity contribution < 1.29 is 19.1 Å². The Hall–Kier alpha value is -3.91. The number of aromatic amines is 1. The number of rotatable bonds is 8. The van der Waals surface area contributed by atoms with E-state index in [0.29, 0.717) is 33.4 Å². The minimum atomic E-state index is -0.424. The van der Waals surface area contributed by atoms with Crippen molar-refractivity contribution in [2.75, 3.05) is 13.2 Å². The number of ketones is 1. The molecule has 0 radical (unpaired) electrons. The molecule has 8 heteroatoms. The first-order valence-corrected chi connectivity index (χ1v) is 11.8. The van der Waals surface area contributed by atoms with Gasteiger partial charge in [-0.05, 0) is 35.1 Å². The number of H-pyrrole nitrogens is 1. The van der Waals surface area contributed by atoms with Crippen molar-refractivity contribution in [3.05, 3.63) is 83.1 Å². The summed E-state index contributed by atoms with van der Waals surface area (Å²) < 4.78 is 15.0. The molecule has 0 aliphatic heterocycles. The number of fused-ring (bicyclic) bond motifs is 1. The summed E-state index contributed by atoms with van der Waals surface area (Å²) in [5.74, 6) is -0.838. The number of aromatic nitrogens is 3. The number of Topliss-reactive ketones (excluding diaryl/α,β-unsaturated/α-hetero) is 1. The Morgan fingerprint density at radius 2 is 1.81 bits per heavy atom. The maximum atomic E-state index is 15.0. The predicted molar refractivity (Wildman–Crippen MR) is 136 cm³/mol. The molecule has 36 heavy (non-hydrogen) atoms. The number of nitrogens with zero attached hydrogens (tertiary/aromatic N) is 2. The van der Waals surface area contributed by atoms with E-state index in [4.69, 9.17) is 5.11 Å². The normalized spacial score (nSPS) is 11.6. The molecule has 4 aromatic rings. The molecular formula is C28H29FN4O3. The van der Waals surface area contributed by atoms with Gasteiger partial charge in [0.1, 0.15) is 23.5 Å². The molecule has 1 amide bonds. The van der Waals surface area contributed by atoms with Crippen LogP contribution in [0.4, 0.5) is 4.39 Å². The van der Waals surface area contributed by atoms with Crippen LogP contribution in [0.25, 0.3) is 22.3 Å². The minimum Gasteiger partial charge on any atom is -0.395 e. The zero-order valence-corrected chi connectivity index (χ0v) is 20.6. The number of aliphatic hydroxyl groups excluding tert-OH is 1. The van der Waals surface area contributed by atoms with Crippen LogP contribution < -0.4 is 5.32 Å². The van der Waals surface area contributed by atoms with Gasteiger partial charge in [-0.15, -0.1) is 0 Å². The van der Waals surface area contributed by atoms with Gasteiger partial charge >= 0.3 is 0 Å². The van der Waals surface area contributed by atoms with Gasteiger partial charge in [-0.1, -0.05) is 57.2 Å². The van der Waals surface area contributed by atoms with Crippen LogP contribution >= 0.6 is 0 Å². The highest BCUT2D eigenvalue weighted by Crippen LogP contribution is 2.28. The van der Waals surface area contributed by atoms with E-state index in [1.807, 2.05) is 24.3 Å². The number of benzene rings is 2. The van der Waals surface area contributed by atoms with Gasteiger partial charge in [-0.25, -0.2) is 14.4 Å². The van der Waals surface area contributed by atoms with Gasteiger partial charge in [0, 0.05) is 29.5 Å². The van der Waals surface area contributed by atoms with Gasteiger partial charge in [0.2, 0.25) is 0 Å². The zero-order valence-electron chi connectivity index (χ0n) is 20.6. The van der Waals surface area contributed by atoms with Crippen molar-refractivity contribution >= 4 is 22.7 Å². The maximum Gasteiger partial charge on any atom is 0.267 e. The van der Waals surface area contributed by atoms with E-state index in [0.717, 1.165) is 5.56 Å². The summed E-state index contributed by atoms with van der Waals surface area (Å²) in [4.78, 5) is 36.3. The molecule has 3 N–H and O–H groups in total. The third-order valence-corrected chi connectivity index (χ3v) is 6.09. The van der Waals surface area contributed by atoms with Crippen LogP contribution in [0, 0.1) is 5.82 Å². The van der Waals surface area contributed by atoms with Gasteiger partial charge in [0.15, 0.2) is 5.78 Å². The Labute approximate surface area is 208 Å². The fourth-order valence-electron chi connectivity index (χ4n) is 4.00. The molecule has 2 aromatic carbocycles. The van der Waals surface area contributed by atoms with Gasteiger partial charge in [0.25, 0.3) is 5.91 Å². The van der Waals surface area contributed by atoms with Gasteiger partial charge in [-0.3, -0.25) is 9.59 Å². The monoisotopic (exact) mass is 488 g/mol. The molecule has 0 saturated heterocycles. The van der Waals surface area contributed by atoms with E-state index in [9.17, 15) is 14.0 Å². The van der Waals surface area contributed by atoms with Crippen molar-refractivity contribution in [3.63, 3.8) is 0 Å². The summed E-state index contributed by atoms with van der Waals surface area (Å²) in [7, 11) is 0. The number of hydrogen-bond donors (Lipinski definition) is 3. The van der Waals surface area contributed by atoms with E-state index < -0.39 is 5.82 Å². The lowest BCUT2D eigenvalue weighted by Crippen LogP contribution is -2.26. The number of hydrogen-bond acceptors (Lipinski definition) is 5. The first-order chi connectivity index (χ1) is 17.2. The second-order valence-electron chi connectivity index (χ2n) is 9.70. The number of amides is 1. The number of halogens is 1. The van der Waals surface area contributed by atoms with Gasteiger partial charge in [-0.2, -0.15) is 0 Å². The summed E-state index contributed by atoms with van der Waals surface area (Å²) in [6.07, 6.45) is 1.83. The molecule has 7 nitrogen and oxygen atoms in total. The number of carbonyl (C=O) groups excluding carboxylic acids is 2. The quantitative estimate of drug-likeness (QED) is 0.314. The van der Waals surface area contributed by atoms with Crippen molar-refractivity contribution in [2.24, 2.45) is 0 Å².